The summed E-state index contributed by atoms with van der Waals surface area (Å²) in [6.45, 7) is 30.6. The molecule has 13 nitrogen and oxygen atoms in total. The first-order chi connectivity index (χ1) is 22.2. The van der Waals surface area contributed by atoms with E-state index in [1.165, 1.54) is 13.8 Å². The summed E-state index contributed by atoms with van der Waals surface area (Å²) in [7, 11) is 0. The van der Waals surface area contributed by atoms with Gasteiger partial charge in [0.2, 0.25) is 0 Å². The molecule has 0 heterocycles. The van der Waals surface area contributed by atoms with Crippen molar-refractivity contribution in [3.63, 3.8) is 0 Å². The molecule has 0 spiro atoms. The molecule has 1 rings (SSSR count). The van der Waals surface area contributed by atoms with Crippen LogP contribution >= 0.6 is 0 Å². The van der Waals surface area contributed by atoms with E-state index >= 15 is 0 Å². The topological polar surface area (TPSA) is 210 Å². The first kappa shape index (κ1) is 59.5. The molecule has 1 unspecified atom stereocenters. The smallest absolute Gasteiger partial charge is 0.368 e. The Kier molecular flexibility index (Phi) is 66.7. The molecular formula is C34H54O13. The molecule has 0 N–H and O–H groups in total. The molecular weight excluding hydrogens is 616 g/mol. The van der Waals surface area contributed by atoms with E-state index in [1.54, 1.807) is 24.3 Å². The lowest BCUT2D eigenvalue weighted by atomic mass is 10.1. The summed E-state index contributed by atoms with van der Waals surface area (Å²) in [4.78, 5) is 33.7. The zero-order valence-electron chi connectivity index (χ0n) is 28.3. The van der Waals surface area contributed by atoms with E-state index in [9.17, 15) is 9.59 Å². The van der Waals surface area contributed by atoms with E-state index in [0.717, 1.165) is 6.42 Å². The van der Waals surface area contributed by atoms with Crippen molar-refractivity contribution in [2.24, 2.45) is 0 Å². The van der Waals surface area contributed by atoms with Crippen LogP contribution in [0.15, 0.2) is 54.6 Å². The van der Waals surface area contributed by atoms with Crippen molar-refractivity contribution in [1.29, 1.82) is 0 Å². The predicted octanol–water partition coefficient (Wildman–Crippen LogP) is 5.88. The highest BCUT2D eigenvalue weighted by Crippen LogP contribution is 2.26. The molecule has 0 fully saturated rings. The minimum absolute atomic E-state index is 0.174. The molecule has 0 aliphatic rings. The van der Waals surface area contributed by atoms with Crippen LogP contribution in [0.4, 0.5) is 0 Å². The van der Waals surface area contributed by atoms with Crippen LogP contribution in [0.2, 0.25) is 0 Å². The molecule has 47 heavy (non-hydrogen) atoms. The van der Waals surface area contributed by atoms with Gasteiger partial charge >= 0.3 is 11.9 Å². The number of hydrogen-bond acceptors (Lipinski definition) is 6. The summed E-state index contributed by atoms with van der Waals surface area (Å²) < 4.78 is 11.2. The van der Waals surface area contributed by atoms with Crippen molar-refractivity contribution in [3.8, 4) is 5.75 Å². The third-order valence-electron chi connectivity index (χ3n) is 3.35. The molecule has 1 aromatic rings. The average Bonchev–Trinajstić information content (AvgIpc) is 3.01. The van der Waals surface area contributed by atoms with E-state index < -0.39 is 17.7 Å². The van der Waals surface area contributed by atoms with Gasteiger partial charge in [-0.05, 0) is 80.9 Å². The molecule has 0 saturated carbocycles. The lowest BCUT2D eigenvalue weighted by Crippen LogP contribution is -2.45. The molecule has 0 amide bonds. The van der Waals surface area contributed by atoms with E-state index in [4.69, 9.17) is 55.0 Å². The van der Waals surface area contributed by atoms with E-state index in [1.807, 2.05) is 13.0 Å². The fraction of sp³-hybridized carbons (Fsp3) is 0.441. The molecule has 14 radical (unpaired) electrons. The number of unbranched alkanes of at least 4 members (excludes halogenated alkanes) is 1. The Labute approximate surface area is 284 Å². The van der Waals surface area contributed by atoms with Crippen LogP contribution in [0.5, 0.6) is 5.75 Å². The molecule has 1 aromatic carbocycles. The fourth-order valence-electron chi connectivity index (χ4n) is 1.87. The molecule has 0 aliphatic heterocycles. The molecule has 0 saturated heterocycles. The van der Waals surface area contributed by atoms with Crippen molar-refractivity contribution >= 4 is 11.9 Å². The van der Waals surface area contributed by atoms with E-state index in [-0.39, 0.29) is 64.0 Å². The third-order valence-corrected chi connectivity index (χ3v) is 3.35. The molecule has 0 aliphatic carbocycles. The predicted molar refractivity (Wildman–Crippen MR) is 173 cm³/mol. The largest absolute Gasteiger partial charge is 0.455 e. The normalized spacial score (nSPS) is 9.64. The highest BCUT2D eigenvalue weighted by molar-refractivity contribution is 5.87. The number of benzene rings is 1. The molecule has 0 aromatic heterocycles. The number of ether oxygens (including phenoxy) is 2. The highest BCUT2D eigenvalue weighted by Gasteiger charge is 2.38. The van der Waals surface area contributed by atoms with Gasteiger partial charge in [0.1, 0.15) is 5.75 Å². The molecule has 13 heteroatoms. The Bertz CT molecular complexity index is 708. The zero-order chi connectivity index (χ0) is 38.5. The van der Waals surface area contributed by atoms with Gasteiger partial charge in [0.15, 0.2) is 6.61 Å². The number of para-hydroxylation sites is 1. The Morgan fingerprint density at radius 3 is 1.28 bits per heavy atom. The third kappa shape index (κ3) is 59.1. The zero-order valence-corrected chi connectivity index (χ0v) is 28.3. The van der Waals surface area contributed by atoms with E-state index in [0.29, 0.717) is 18.6 Å². The lowest BCUT2D eigenvalue weighted by Gasteiger charge is -2.31. The van der Waals surface area contributed by atoms with Crippen LogP contribution < -0.4 is 4.74 Å². The Balaban J connectivity index is -0.000000125. The van der Waals surface area contributed by atoms with Crippen LogP contribution in [0.3, 0.4) is 0 Å². The highest BCUT2D eigenvalue weighted by atomic mass is 17.2. The van der Waals surface area contributed by atoms with Crippen molar-refractivity contribution < 1.29 is 64.6 Å². The SMILES string of the molecule is C=C(C)C(=O)OCC(CCCC)(OOC(=O)C(=C)C)Oc1ccccc1.[CH2]C[O].[CH2]C[O].[CH2]C[O].[CH2]C[O].[CH2]C[O].[CH2]C[O].[CH2]C[O]. The monoisotopic (exact) mass is 670 g/mol. The fourth-order valence-corrected chi connectivity index (χ4v) is 1.87. The number of rotatable bonds is 11. The van der Waals surface area contributed by atoms with Gasteiger partial charge < -0.3 is 9.47 Å². The van der Waals surface area contributed by atoms with Crippen LogP contribution in [0, 0.1) is 48.5 Å². The van der Waals surface area contributed by atoms with Gasteiger partial charge in [-0.2, -0.15) is 0 Å². The van der Waals surface area contributed by atoms with E-state index in [2.05, 4.69) is 61.6 Å². The average molecular weight is 671 g/mol. The number of carbonyl (C=O) groups excluding carboxylic acids is 2. The lowest BCUT2D eigenvalue weighted by molar-refractivity contribution is -0.391. The summed E-state index contributed by atoms with van der Waals surface area (Å²) in [6, 6.07) is 8.87. The second kappa shape index (κ2) is 52.6. The van der Waals surface area contributed by atoms with Crippen molar-refractivity contribution in [3.05, 3.63) is 103 Å². The quantitative estimate of drug-likeness (QED) is 0.0921. The van der Waals surface area contributed by atoms with Crippen LogP contribution in [-0.4, -0.2) is 70.6 Å². The van der Waals surface area contributed by atoms with Crippen molar-refractivity contribution in [2.75, 3.05) is 52.9 Å². The first-order valence-corrected chi connectivity index (χ1v) is 13.9. The molecule has 1 atom stereocenters. The number of carbonyl (C=O) groups is 2. The summed E-state index contributed by atoms with van der Waals surface area (Å²) >= 11 is 0. The van der Waals surface area contributed by atoms with Crippen LogP contribution in [0.25, 0.3) is 0 Å². The Hall–Kier alpha value is -2.88. The summed E-state index contributed by atoms with van der Waals surface area (Å²) in [5, 5.41) is 61.7. The van der Waals surface area contributed by atoms with Gasteiger partial charge in [0, 0.05) is 17.6 Å². The maximum absolute atomic E-state index is 11.8. The van der Waals surface area contributed by atoms with Gasteiger partial charge in [-0.15, -0.1) is 4.89 Å². The number of esters is 1. The van der Waals surface area contributed by atoms with Crippen LogP contribution in [0.1, 0.15) is 40.0 Å². The second-order valence-electron chi connectivity index (χ2n) is 7.45. The van der Waals surface area contributed by atoms with Gasteiger partial charge in [-0.1, -0.05) is 44.7 Å². The summed E-state index contributed by atoms with van der Waals surface area (Å²) in [5.41, 5.74) is 0.418. The number of hydrogen-bond donors (Lipinski definition) is 0. The minimum atomic E-state index is -1.48. The van der Waals surface area contributed by atoms with Crippen molar-refractivity contribution in [1.82, 2.24) is 0 Å². The van der Waals surface area contributed by atoms with Crippen molar-refractivity contribution in [2.45, 2.75) is 45.8 Å². The maximum atomic E-state index is 11.8. The standard InChI is InChI=1S/C20H26O6.7C2H4O/c1-6-7-13-20(14-23-18(21)15(2)3,26-25-19(22)16(4)5)24-17-11-9-8-10-12-17;7*1-2-3/h8-12H,2,4,6-7,13-14H2,1,3,5H3;7*1-2H2. The summed E-state index contributed by atoms with van der Waals surface area (Å²) in [6.07, 6.45) is 1.87. The second-order valence-corrected chi connectivity index (χ2v) is 7.45. The van der Waals surface area contributed by atoms with Crippen LogP contribution in [-0.2, 0) is 59.8 Å². The molecule has 268 valence electrons. The van der Waals surface area contributed by atoms with Gasteiger partial charge in [-0.25, -0.2) is 45.3 Å². The summed E-state index contributed by atoms with van der Waals surface area (Å²) in [5.74, 6) is -2.30. The van der Waals surface area contributed by atoms with Gasteiger partial charge in [-0.3, -0.25) is 4.89 Å². The Morgan fingerprint density at radius 2 is 0.979 bits per heavy atom. The maximum Gasteiger partial charge on any atom is 0.368 e. The van der Waals surface area contributed by atoms with Gasteiger partial charge in [0.05, 0.1) is 46.2 Å². The molecule has 0 bridgehead atoms. The Morgan fingerprint density at radius 1 is 0.638 bits per heavy atom. The minimum Gasteiger partial charge on any atom is -0.455 e. The first-order valence-electron chi connectivity index (χ1n) is 13.9. The van der Waals surface area contributed by atoms with Gasteiger partial charge in [0.25, 0.3) is 5.79 Å².